The van der Waals surface area contributed by atoms with Crippen LogP contribution in [0.15, 0.2) is 42.6 Å². The molecular weight excluding hydrogens is 280 g/mol. The molecule has 1 heterocycles. The van der Waals surface area contributed by atoms with E-state index in [4.69, 9.17) is 5.73 Å². The molecule has 2 rings (SSSR count). The second-order valence-corrected chi connectivity index (χ2v) is 4.90. The molecule has 2 aromatic rings. The molecule has 6 heteroatoms. The van der Waals surface area contributed by atoms with Crippen LogP contribution >= 0.6 is 0 Å². The van der Waals surface area contributed by atoms with Crippen molar-refractivity contribution in [2.45, 2.75) is 6.54 Å². The van der Waals surface area contributed by atoms with Crippen LogP contribution in [0, 0.1) is 0 Å². The molecule has 0 radical (unpaired) electrons. The average molecular weight is 298 g/mol. The highest BCUT2D eigenvalue weighted by molar-refractivity contribution is 5.94. The van der Waals surface area contributed by atoms with Crippen LogP contribution in [-0.4, -0.2) is 30.9 Å². The third-order valence-electron chi connectivity index (χ3n) is 3.30. The molecule has 0 unspecified atom stereocenters. The van der Waals surface area contributed by atoms with Gasteiger partial charge in [0, 0.05) is 38.1 Å². The smallest absolute Gasteiger partial charge is 0.267 e. The summed E-state index contributed by atoms with van der Waals surface area (Å²) in [5.41, 5.74) is 7.99. The van der Waals surface area contributed by atoms with Crippen LogP contribution in [0.1, 0.15) is 26.4 Å². The molecule has 0 aliphatic rings. The number of primary amides is 1. The summed E-state index contributed by atoms with van der Waals surface area (Å²) in [4.78, 5) is 28.6. The number of nitrogens with zero attached hydrogens (tertiary/aromatic N) is 2. The molecule has 0 fully saturated rings. The first-order valence-corrected chi connectivity index (χ1v) is 6.79. The van der Waals surface area contributed by atoms with Gasteiger partial charge < -0.3 is 16.0 Å². The monoisotopic (exact) mass is 298 g/mol. The number of benzene rings is 1. The van der Waals surface area contributed by atoms with E-state index in [2.05, 4.69) is 10.3 Å². The topological polar surface area (TPSA) is 88.3 Å². The number of carbonyl (C=O) groups is 2. The SMILES string of the molecule is CNC(=O)c1ccc(CN(C)c2ccnc(C(N)=O)c2)cc1. The van der Waals surface area contributed by atoms with E-state index in [1.54, 1.807) is 31.4 Å². The number of nitrogens with two attached hydrogens (primary N) is 1. The summed E-state index contributed by atoms with van der Waals surface area (Å²) in [6, 6.07) is 10.8. The Balaban J connectivity index is 2.11. The van der Waals surface area contributed by atoms with Gasteiger partial charge in [0.25, 0.3) is 11.8 Å². The summed E-state index contributed by atoms with van der Waals surface area (Å²) in [7, 11) is 3.51. The van der Waals surface area contributed by atoms with Crippen LogP contribution < -0.4 is 16.0 Å². The number of hydrogen-bond acceptors (Lipinski definition) is 4. The minimum Gasteiger partial charge on any atom is -0.370 e. The van der Waals surface area contributed by atoms with Gasteiger partial charge in [-0.05, 0) is 29.8 Å². The first-order chi connectivity index (χ1) is 10.5. The molecule has 0 spiro atoms. The van der Waals surface area contributed by atoms with Crippen LogP contribution in [-0.2, 0) is 6.54 Å². The summed E-state index contributed by atoms with van der Waals surface area (Å²) in [5, 5.41) is 2.58. The second-order valence-electron chi connectivity index (χ2n) is 4.90. The maximum Gasteiger partial charge on any atom is 0.267 e. The van der Waals surface area contributed by atoms with Crippen molar-refractivity contribution in [1.82, 2.24) is 10.3 Å². The Labute approximate surface area is 129 Å². The van der Waals surface area contributed by atoms with Gasteiger partial charge in [-0.15, -0.1) is 0 Å². The fourth-order valence-corrected chi connectivity index (χ4v) is 2.06. The molecule has 0 saturated carbocycles. The van der Waals surface area contributed by atoms with E-state index >= 15 is 0 Å². The Bertz CT molecular complexity index is 683. The van der Waals surface area contributed by atoms with Crippen molar-refractivity contribution in [2.75, 3.05) is 19.0 Å². The van der Waals surface area contributed by atoms with E-state index in [1.807, 2.05) is 30.1 Å². The van der Waals surface area contributed by atoms with Gasteiger partial charge in [0.05, 0.1) is 0 Å². The molecule has 22 heavy (non-hydrogen) atoms. The summed E-state index contributed by atoms with van der Waals surface area (Å²) in [6.45, 7) is 0.635. The molecule has 2 amide bonds. The van der Waals surface area contributed by atoms with Crippen molar-refractivity contribution in [3.63, 3.8) is 0 Å². The van der Waals surface area contributed by atoms with Gasteiger partial charge in [-0.25, -0.2) is 0 Å². The molecule has 0 atom stereocenters. The number of carbonyl (C=O) groups excluding carboxylic acids is 2. The van der Waals surface area contributed by atoms with Gasteiger partial charge in [-0.2, -0.15) is 0 Å². The van der Waals surface area contributed by atoms with Gasteiger partial charge >= 0.3 is 0 Å². The zero-order valence-electron chi connectivity index (χ0n) is 12.5. The average Bonchev–Trinajstić information content (AvgIpc) is 2.54. The largest absolute Gasteiger partial charge is 0.370 e. The standard InChI is InChI=1S/C16H18N4O2/c1-18-16(22)12-5-3-11(4-6-12)10-20(2)13-7-8-19-14(9-13)15(17)21/h3-9H,10H2,1-2H3,(H2,17,21)(H,18,22). The van der Waals surface area contributed by atoms with Crippen molar-refractivity contribution in [3.8, 4) is 0 Å². The molecule has 6 nitrogen and oxygen atoms in total. The van der Waals surface area contributed by atoms with Crippen molar-refractivity contribution in [1.29, 1.82) is 0 Å². The summed E-state index contributed by atoms with van der Waals surface area (Å²) in [6.07, 6.45) is 1.56. The fraction of sp³-hybridized carbons (Fsp3) is 0.188. The van der Waals surface area contributed by atoms with Crippen LogP contribution in [0.2, 0.25) is 0 Å². The third kappa shape index (κ3) is 3.60. The van der Waals surface area contributed by atoms with E-state index in [0.717, 1.165) is 11.3 Å². The lowest BCUT2D eigenvalue weighted by molar-refractivity contribution is 0.0961. The number of hydrogen-bond donors (Lipinski definition) is 2. The summed E-state index contributed by atoms with van der Waals surface area (Å²) >= 11 is 0. The Kier molecular flexibility index (Phi) is 4.73. The highest BCUT2D eigenvalue weighted by atomic mass is 16.2. The van der Waals surface area contributed by atoms with E-state index in [9.17, 15) is 9.59 Å². The highest BCUT2D eigenvalue weighted by Crippen LogP contribution is 2.16. The first-order valence-electron chi connectivity index (χ1n) is 6.79. The van der Waals surface area contributed by atoms with Gasteiger partial charge in [0.1, 0.15) is 5.69 Å². The summed E-state index contributed by atoms with van der Waals surface area (Å²) < 4.78 is 0. The minimum absolute atomic E-state index is 0.111. The molecular formula is C16H18N4O2. The molecule has 1 aromatic heterocycles. The molecule has 3 N–H and O–H groups in total. The van der Waals surface area contributed by atoms with Gasteiger partial charge in [0.2, 0.25) is 0 Å². The quantitative estimate of drug-likeness (QED) is 0.867. The Morgan fingerprint density at radius 1 is 1.23 bits per heavy atom. The maximum absolute atomic E-state index is 11.5. The van der Waals surface area contributed by atoms with Crippen molar-refractivity contribution < 1.29 is 9.59 Å². The minimum atomic E-state index is -0.551. The molecule has 0 aliphatic heterocycles. The van der Waals surface area contributed by atoms with E-state index in [0.29, 0.717) is 12.1 Å². The number of rotatable bonds is 5. The van der Waals surface area contributed by atoms with Crippen LogP contribution in [0.4, 0.5) is 5.69 Å². The number of anilines is 1. The Morgan fingerprint density at radius 3 is 2.50 bits per heavy atom. The van der Waals surface area contributed by atoms with Crippen LogP contribution in [0.3, 0.4) is 0 Å². The van der Waals surface area contributed by atoms with Crippen molar-refractivity contribution in [2.24, 2.45) is 5.73 Å². The molecule has 0 saturated heterocycles. The number of pyridine rings is 1. The third-order valence-corrected chi connectivity index (χ3v) is 3.30. The number of nitrogens with one attached hydrogen (secondary N) is 1. The lowest BCUT2D eigenvalue weighted by atomic mass is 10.1. The molecule has 0 bridgehead atoms. The fourth-order valence-electron chi connectivity index (χ4n) is 2.06. The molecule has 0 aliphatic carbocycles. The van der Waals surface area contributed by atoms with Crippen LogP contribution in [0.5, 0.6) is 0 Å². The zero-order chi connectivity index (χ0) is 16.1. The molecule has 1 aromatic carbocycles. The van der Waals surface area contributed by atoms with Crippen molar-refractivity contribution >= 4 is 17.5 Å². The number of amides is 2. The van der Waals surface area contributed by atoms with Gasteiger partial charge in [0.15, 0.2) is 0 Å². The van der Waals surface area contributed by atoms with E-state index < -0.39 is 5.91 Å². The maximum atomic E-state index is 11.5. The number of aromatic nitrogens is 1. The Morgan fingerprint density at radius 2 is 1.91 bits per heavy atom. The second kappa shape index (κ2) is 6.71. The first kappa shape index (κ1) is 15.5. The van der Waals surface area contributed by atoms with Gasteiger partial charge in [-0.1, -0.05) is 12.1 Å². The predicted octanol–water partition coefficient (Wildman–Crippen LogP) is 1.18. The normalized spacial score (nSPS) is 10.1. The zero-order valence-corrected chi connectivity index (χ0v) is 12.5. The highest BCUT2D eigenvalue weighted by Gasteiger charge is 2.08. The predicted molar refractivity (Wildman–Crippen MR) is 84.7 cm³/mol. The van der Waals surface area contributed by atoms with Crippen molar-refractivity contribution in [3.05, 3.63) is 59.4 Å². The molecule has 114 valence electrons. The lowest BCUT2D eigenvalue weighted by Gasteiger charge is -2.19. The van der Waals surface area contributed by atoms with E-state index in [1.165, 1.54) is 0 Å². The lowest BCUT2D eigenvalue weighted by Crippen LogP contribution is -2.19. The van der Waals surface area contributed by atoms with Gasteiger partial charge in [-0.3, -0.25) is 14.6 Å². The van der Waals surface area contributed by atoms with Crippen LogP contribution in [0.25, 0.3) is 0 Å². The van der Waals surface area contributed by atoms with E-state index in [-0.39, 0.29) is 11.6 Å². The Hall–Kier alpha value is -2.89. The summed E-state index contributed by atoms with van der Waals surface area (Å²) in [5.74, 6) is -0.662.